The fourth-order valence-electron chi connectivity index (χ4n) is 4.43. The summed E-state index contributed by atoms with van der Waals surface area (Å²) in [6, 6.07) is 4.51. The molecule has 0 unspecified atom stereocenters. The molecule has 0 atom stereocenters. The number of ether oxygens (including phenoxy) is 1. The number of amides is 5. The van der Waals surface area contributed by atoms with Crippen molar-refractivity contribution < 1.29 is 23.9 Å². The summed E-state index contributed by atoms with van der Waals surface area (Å²) < 4.78 is 4.70. The molecule has 3 aliphatic rings. The van der Waals surface area contributed by atoms with Gasteiger partial charge in [0.05, 0.1) is 18.2 Å². The van der Waals surface area contributed by atoms with E-state index in [1.54, 1.807) is 28.0 Å². The molecule has 0 bridgehead atoms. The molecule has 1 saturated carbocycles. The summed E-state index contributed by atoms with van der Waals surface area (Å²) in [5, 5.41) is 2.80. The van der Waals surface area contributed by atoms with Crippen LogP contribution in [0.3, 0.4) is 0 Å². The predicted octanol–water partition coefficient (Wildman–Crippen LogP) is 2.53. The van der Waals surface area contributed by atoms with Gasteiger partial charge in [0.2, 0.25) is 0 Å². The van der Waals surface area contributed by atoms with Gasteiger partial charge in [-0.25, -0.2) is 9.59 Å². The zero-order chi connectivity index (χ0) is 21.3. The molecule has 9 heteroatoms. The van der Waals surface area contributed by atoms with Crippen molar-refractivity contribution in [2.75, 3.05) is 38.6 Å². The Bertz CT molecular complexity index is 872. The van der Waals surface area contributed by atoms with E-state index in [2.05, 4.69) is 5.32 Å². The van der Waals surface area contributed by atoms with E-state index in [0.717, 1.165) is 32.1 Å². The van der Waals surface area contributed by atoms with Crippen LogP contribution in [0.4, 0.5) is 15.3 Å². The Hall–Kier alpha value is -3.10. The molecule has 2 fully saturated rings. The number of imide groups is 1. The lowest BCUT2D eigenvalue weighted by atomic mass is 9.94. The highest BCUT2D eigenvalue weighted by atomic mass is 16.5. The van der Waals surface area contributed by atoms with Crippen molar-refractivity contribution in [2.45, 2.75) is 38.1 Å². The van der Waals surface area contributed by atoms with Crippen LogP contribution in [0.15, 0.2) is 18.2 Å². The van der Waals surface area contributed by atoms with Gasteiger partial charge in [-0.2, -0.15) is 0 Å². The van der Waals surface area contributed by atoms with Crippen LogP contribution in [-0.4, -0.2) is 78.0 Å². The van der Waals surface area contributed by atoms with E-state index in [1.807, 2.05) is 0 Å². The van der Waals surface area contributed by atoms with Crippen molar-refractivity contribution in [1.29, 1.82) is 0 Å². The van der Waals surface area contributed by atoms with E-state index in [9.17, 15) is 19.2 Å². The summed E-state index contributed by atoms with van der Waals surface area (Å²) in [4.78, 5) is 54.4. The van der Waals surface area contributed by atoms with E-state index >= 15 is 0 Å². The largest absolute Gasteiger partial charge is 0.453 e. The zero-order valence-electron chi connectivity index (χ0n) is 17.1. The Morgan fingerprint density at radius 2 is 1.57 bits per heavy atom. The molecule has 1 aromatic carbocycles. The summed E-state index contributed by atoms with van der Waals surface area (Å²) in [7, 11) is 1.33. The van der Waals surface area contributed by atoms with Gasteiger partial charge in [-0.3, -0.25) is 14.5 Å². The summed E-state index contributed by atoms with van der Waals surface area (Å²) in [5.41, 5.74) is 1.22. The molecule has 5 amide bonds. The quantitative estimate of drug-likeness (QED) is 0.750. The number of carbonyl (C=O) groups excluding carboxylic acids is 4. The molecule has 0 spiro atoms. The topological polar surface area (TPSA) is 99.3 Å². The Morgan fingerprint density at radius 3 is 2.23 bits per heavy atom. The van der Waals surface area contributed by atoms with Crippen LogP contribution < -0.4 is 5.32 Å². The van der Waals surface area contributed by atoms with Gasteiger partial charge in [-0.1, -0.05) is 19.3 Å². The van der Waals surface area contributed by atoms with E-state index in [0.29, 0.717) is 43.0 Å². The highest BCUT2D eigenvalue weighted by molar-refractivity contribution is 6.22. The second-order valence-electron chi connectivity index (χ2n) is 7.91. The minimum atomic E-state index is -0.403. The van der Waals surface area contributed by atoms with Gasteiger partial charge in [0.25, 0.3) is 11.8 Å². The van der Waals surface area contributed by atoms with Crippen LogP contribution in [0.5, 0.6) is 0 Å². The maximum absolute atomic E-state index is 12.9. The Morgan fingerprint density at radius 1 is 0.933 bits per heavy atom. The first-order chi connectivity index (χ1) is 14.5. The number of piperazine rings is 1. The van der Waals surface area contributed by atoms with Gasteiger partial charge in [0.1, 0.15) is 0 Å². The van der Waals surface area contributed by atoms with Crippen LogP contribution in [0.2, 0.25) is 0 Å². The Balaban J connectivity index is 1.41. The normalized spacial score (nSPS) is 19.7. The average Bonchev–Trinajstić information content (AvgIpc) is 3.03. The lowest BCUT2D eigenvalue weighted by Gasteiger charge is -2.33. The number of hydrogen-bond acceptors (Lipinski definition) is 5. The first-order valence-electron chi connectivity index (χ1n) is 10.4. The number of nitrogens with one attached hydrogen (secondary N) is 1. The number of hydrogen-bond donors (Lipinski definition) is 1. The van der Waals surface area contributed by atoms with Crippen molar-refractivity contribution in [3.8, 4) is 0 Å². The number of urea groups is 1. The molecule has 1 saturated heterocycles. The van der Waals surface area contributed by atoms with Gasteiger partial charge in [0, 0.05) is 37.9 Å². The van der Waals surface area contributed by atoms with Crippen molar-refractivity contribution in [1.82, 2.24) is 14.7 Å². The Labute approximate surface area is 174 Å². The molecule has 9 nitrogen and oxygen atoms in total. The first kappa shape index (κ1) is 20.2. The van der Waals surface area contributed by atoms with E-state index in [-0.39, 0.29) is 23.9 Å². The number of anilines is 1. The van der Waals surface area contributed by atoms with E-state index < -0.39 is 6.09 Å². The maximum Gasteiger partial charge on any atom is 0.409 e. The third-order valence-electron chi connectivity index (χ3n) is 6.11. The molecule has 4 rings (SSSR count). The summed E-state index contributed by atoms with van der Waals surface area (Å²) >= 11 is 0. The van der Waals surface area contributed by atoms with Crippen LogP contribution in [0.1, 0.15) is 52.8 Å². The molecule has 160 valence electrons. The Kier molecular flexibility index (Phi) is 5.61. The van der Waals surface area contributed by atoms with Gasteiger partial charge in [-0.15, -0.1) is 0 Å². The molecule has 30 heavy (non-hydrogen) atoms. The van der Waals surface area contributed by atoms with Crippen molar-refractivity contribution in [2.24, 2.45) is 0 Å². The average molecular weight is 414 g/mol. The minimum Gasteiger partial charge on any atom is -0.453 e. The van der Waals surface area contributed by atoms with Crippen LogP contribution in [-0.2, 0) is 4.74 Å². The zero-order valence-corrected chi connectivity index (χ0v) is 17.1. The third kappa shape index (κ3) is 3.71. The molecular weight excluding hydrogens is 388 g/mol. The van der Waals surface area contributed by atoms with Crippen molar-refractivity contribution in [3.05, 3.63) is 29.3 Å². The number of rotatable bonds is 2. The summed E-state index contributed by atoms with van der Waals surface area (Å²) in [5.74, 6) is -0.511. The molecule has 2 heterocycles. The molecule has 1 aliphatic carbocycles. The third-order valence-corrected chi connectivity index (χ3v) is 6.11. The fourth-order valence-corrected chi connectivity index (χ4v) is 4.43. The minimum absolute atomic E-state index is 0.0321. The van der Waals surface area contributed by atoms with Crippen LogP contribution in [0.25, 0.3) is 0 Å². The second kappa shape index (κ2) is 8.33. The first-order valence-corrected chi connectivity index (χ1v) is 10.4. The molecular formula is C21H26N4O5. The number of benzene rings is 1. The highest BCUT2D eigenvalue weighted by Crippen LogP contribution is 2.32. The predicted molar refractivity (Wildman–Crippen MR) is 108 cm³/mol. The lowest BCUT2D eigenvalue weighted by Crippen LogP contribution is -2.51. The molecule has 0 aromatic heterocycles. The van der Waals surface area contributed by atoms with Crippen LogP contribution >= 0.6 is 0 Å². The van der Waals surface area contributed by atoms with Crippen molar-refractivity contribution in [3.63, 3.8) is 0 Å². The van der Waals surface area contributed by atoms with E-state index in [4.69, 9.17) is 4.74 Å². The second-order valence-corrected chi connectivity index (χ2v) is 7.91. The lowest BCUT2D eigenvalue weighted by molar-refractivity contribution is 0.0548. The summed E-state index contributed by atoms with van der Waals surface area (Å²) in [6.45, 7) is 1.57. The van der Waals surface area contributed by atoms with Gasteiger partial charge in [-0.05, 0) is 31.0 Å². The maximum atomic E-state index is 12.9. The summed E-state index contributed by atoms with van der Waals surface area (Å²) in [6.07, 6.45) is 4.51. The smallest absolute Gasteiger partial charge is 0.409 e. The molecule has 0 radical (unpaired) electrons. The number of nitrogens with zero attached hydrogens (tertiary/aromatic N) is 3. The number of methoxy groups -OCH3 is 1. The standard InChI is InChI=1S/C21H26N4O5/c1-30-21(29)24-11-9-23(10-12-24)20(28)22-14-7-8-16-17(13-14)19(27)25(18(16)26)15-5-3-2-4-6-15/h7-8,13,15H,2-6,9-12H2,1H3,(H,22,28). The van der Waals surface area contributed by atoms with Gasteiger partial charge in [0.15, 0.2) is 0 Å². The van der Waals surface area contributed by atoms with Gasteiger partial charge < -0.3 is 19.9 Å². The fraction of sp³-hybridized carbons (Fsp3) is 0.524. The van der Waals surface area contributed by atoms with E-state index in [1.165, 1.54) is 12.0 Å². The van der Waals surface area contributed by atoms with Crippen LogP contribution in [0, 0.1) is 0 Å². The molecule has 2 aliphatic heterocycles. The molecule has 1 aromatic rings. The molecule has 1 N–H and O–H groups in total. The number of carbonyl (C=O) groups is 4. The number of fused-ring (bicyclic) bond motifs is 1. The van der Waals surface area contributed by atoms with Crippen molar-refractivity contribution >= 4 is 29.6 Å². The SMILES string of the molecule is COC(=O)N1CCN(C(=O)Nc2ccc3c(c2)C(=O)N(C2CCCCC2)C3=O)CC1. The monoisotopic (exact) mass is 414 g/mol. The highest BCUT2D eigenvalue weighted by Gasteiger charge is 2.40. The van der Waals surface area contributed by atoms with Gasteiger partial charge >= 0.3 is 12.1 Å².